The number of hydrogen-bond acceptors (Lipinski definition) is 3. The van der Waals surface area contributed by atoms with E-state index in [-0.39, 0.29) is 11.3 Å². The summed E-state index contributed by atoms with van der Waals surface area (Å²) in [4.78, 5) is 13.5. The van der Waals surface area contributed by atoms with Crippen molar-refractivity contribution in [3.63, 3.8) is 0 Å². The molecule has 1 amide bonds. The third kappa shape index (κ3) is 2.76. The molecule has 0 bridgehead atoms. The first-order chi connectivity index (χ1) is 9.52. The molecule has 7 heteroatoms. The van der Waals surface area contributed by atoms with Crippen molar-refractivity contribution in [3.05, 3.63) is 47.3 Å². The van der Waals surface area contributed by atoms with Crippen molar-refractivity contribution >= 4 is 11.6 Å². The molecule has 5 nitrogen and oxygen atoms in total. The van der Waals surface area contributed by atoms with Gasteiger partial charge in [0.05, 0.1) is 6.20 Å². The summed E-state index contributed by atoms with van der Waals surface area (Å²) in [6.07, 6.45) is 3.23. The van der Waals surface area contributed by atoms with Crippen molar-refractivity contribution in [3.8, 4) is 0 Å². The Morgan fingerprint density at radius 1 is 1.40 bits per heavy atom. The lowest BCUT2D eigenvalue weighted by Gasteiger charge is -2.17. The van der Waals surface area contributed by atoms with E-state index in [9.17, 15) is 13.6 Å². The second-order valence-electron chi connectivity index (χ2n) is 4.33. The van der Waals surface area contributed by atoms with Gasteiger partial charge in [0.2, 0.25) is 0 Å². The zero-order valence-corrected chi connectivity index (χ0v) is 11.1. The molecule has 0 aliphatic carbocycles. The molecule has 2 rings (SSSR count). The molecule has 1 aromatic heterocycles. The van der Waals surface area contributed by atoms with Crippen LogP contribution in [0.5, 0.6) is 0 Å². The van der Waals surface area contributed by atoms with Gasteiger partial charge in [-0.2, -0.15) is 5.10 Å². The Balaban J connectivity index is 2.20. The predicted octanol–water partition coefficient (Wildman–Crippen LogP) is 2.00. The Hall–Kier alpha value is -2.44. The van der Waals surface area contributed by atoms with Crippen LogP contribution >= 0.6 is 0 Å². The highest BCUT2D eigenvalue weighted by Gasteiger charge is 2.17. The number of hydrogen-bond donors (Lipinski definition) is 2. The van der Waals surface area contributed by atoms with Crippen LogP contribution in [0.1, 0.15) is 15.9 Å². The van der Waals surface area contributed by atoms with Gasteiger partial charge in [0.15, 0.2) is 0 Å². The number of carbonyl (C=O) groups excluding carboxylic acids is 1. The molecule has 2 aromatic rings. The van der Waals surface area contributed by atoms with E-state index in [1.54, 1.807) is 19.4 Å². The van der Waals surface area contributed by atoms with Crippen molar-refractivity contribution in [1.29, 1.82) is 0 Å². The van der Waals surface area contributed by atoms with E-state index in [1.165, 1.54) is 11.9 Å². The zero-order valence-electron chi connectivity index (χ0n) is 11.1. The normalized spacial score (nSPS) is 10.4. The maximum Gasteiger partial charge on any atom is 0.254 e. The summed E-state index contributed by atoms with van der Waals surface area (Å²) in [7, 11) is 2.96. The van der Waals surface area contributed by atoms with Gasteiger partial charge >= 0.3 is 0 Å². The highest BCUT2D eigenvalue weighted by atomic mass is 19.1. The number of carbonyl (C=O) groups is 1. The molecule has 0 spiro atoms. The number of aromatic amines is 1. The number of halogens is 2. The van der Waals surface area contributed by atoms with Crippen LogP contribution in [0.3, 0.4) is 0 Å². The zero-order chi connectivity index (χ0) is 14.7. The van der Waals surface area contributed by atoms with Gasteiger partial charge in [-0.15, -0.1) is 0 Å². The summed E-state index contributed by atoms with van der Waals surface area (Å²) in [6.45, 7) is 0.298. The highest BCUT2D eigenvalue weighted by molar-refractivity contribution is 5.94. The number of nitrogens with one attached hydrogen (secondary N) is 2. The molecule has 106 valence electrons. The molecule has 0 radical (unpaired) electrons. The summed E-state index contributed by atoms with van der Waals surface area (Å²) in [5, 5.41) is 8.81. The van der Waals surface area contributed by atoms with Crippen LogP contribution in [0.4, 0.5) is 14.5 Å². The minimum atomic E-state index is -0.799. The summed E-state index contributed by atoms with van der Waals surface area (Å²) in [6, 6.07) is 2.03. The van der Waals surface area contributed by atoms with Crippen LogP contribution in [0.2, 0.25) is 0 Å². The molecule has 0 fully saturated rings. The number of H-pyrrole nitrogens is 1. The van der Waals surface area contributed by atoms with Crippen LogP contribution in [0.15, 0.2) is 24.5 Å². The van der Waals surface area contributed by atoms with Crippen molar-refractivity contribution in [1.82, 2.24) is 15.1 Å². The number of aromatic nitrogens is 2. The minimum absolute atomic E-state index is 0.0370. The van der Waals surface area contributed by atoms with E-state index in [4.69, 9.17) is 0 Å². The van der Waals surface area contributed by atoms with Crippen LogP contribution in [-0.2, 0) is 6.54 Å². The van der Waals surface area contributed by atoms with Gasteiger partial charge in [-0.3, -0.25) is 9.89 Å². The third-order valence-corrected chi connectivity index (χ3v) is 2.86. The van der Waals surface area contributed by atoms with Crippen LogP contribution in [0.25, 0.3) is 0 Å². The highest BCUT2D eigenvalue weighted by Crippen LogP contribution is 2.21. The average Bonchev–Trinajstić information content (AvgIpc) is 2.90. The molecule has 0 unspecified atom stereocenters. The average molecular weight is 280 g/mol. The quantitative estimate of drug-likeness (QED) is 0.900. The Bertz CT molecular complexity index is 590. The van der Waals surface area contributed by atoms with Crippen molar-refractivity contribution in [2.75, 3.05) is 19.4 Å². The molecule has 20 heavy (non-hydrogen) atoms. The Morgan fingerprint density at radius 2 is 2.05 bits per heavy atom. The van der Waals surface area contributed by atoms with Crippen molar-refractivity contribution in [2.24, 2.45) is 0 Å². The topological polar surface area (TPSA) is 61.0 Å². The van der Waals surface area contributed by atoms with E-state index in [2.05, 4.69) is 15.5 Å². The standard InChI is InChI=1S/C13H14F2N4O/c1-16-12-10(14)3-9(4-11(12)15)13(20)19(2)7-8-5-17-18-6-8/h3-6,16H,7H2,1-2H3,(H,17,18). The third-order valence-electron chi connectivity index (χ3n) is 2.86. The molecule has 0 aliphatic rings. The summed E-state index contributed by atoms with van der Waals surface area (Å²) in [5.74, 6) is -2.06. The summed E-state index contributed by atoms with van der Waals surface area (Å²) >= 11 is 0. The first kappa shape index (κ1) is 14.0. The molecular formula is C13H14F2N4O. The largest absolute Gasteiger partial charge is 0.383 e. The second kappa shape index (κ2) is 5.68. The first-order valence-corrected chi connectivity index (χ1v) is 5.93. The lowest BCUT2D eigenvalue weighted by molar-refractivity contribution is 0.0784. The van der Waals surface area contributed by atoms with E-state index < -0.39 is 17.5 Å². The molecule has 1 heterocycles. The number of benzene rings is 1. The van der Waals surface area contributed by atoms with Gasteiger partial charge in [-0.25, -0.2) is 8.78 Å². The lowest BCUT2D eigenvalue weighted by Crippen LogP contribution is -2.26. The second-order valence-corrected chi connectivity index (χ2v) is 4.33. The monoisotopic (exact) mass is 280 g/mol. The van der Waals surface area contributed by atoms with Gasteiger partial charge in [0, 0.05) is 38.0 Å². The lowest BCUT2D eigenvalue weighted by atomic mass is 10.1. The van der Waals surface area contributed by atoms with E-state index in [0.29, 0.717) is 6.54 Å². The van der Waals surface area contributed by atoms with Crippen molar-refractivity contribution in [2.45, 2.75) is 6.54 Å². The van der Waals surface area contributed by atoms with Gasteiger partial charge < -0.3 is 10.2 Å². The van der Waals surface area contributed by atoms with Crippen LogP contribution in [0, 0.1) is 11.6 Å². The molecule has 1 aromatic carbocycles. The fourth-order valence-corrected chi connectivity index (χ4v) is 1.87. The van der Waals surface area contributed by atoms with Crippen LogP contribution in [-0.4, -0.2) is 35.1 Å². The molecule has 0 atom stereocenters. The summed E-state index contributed by atoms with van der Waals surface area (Å²) in [5.41, 5.74) is 0.512. The van der Waals surface area contributed by atoms with E-state index in [1.807, 2.05) is 0 Å². The van der Waals surface area contributed by atoms with Gasteiger partial charge in [0.1, 0.15) is 17.3 Å². The van der Waals surface area contributed by atoms with Gasteiger partial charge in [0.25, 0.3) is 5.91 Å². The van der Waals surface area contributed by atoms with Crippen LogP contribution < -0.4 is 5.32 Å². The maximum atomic E-state index is 13.6. The molecular weight excluding hydrogens is 266 g/mol. The number of amides is 1. The molecule has 0 saturated carbocycles. The smallest absolute Gasteiger partial charge is 0.254 e. The SMILES string of the molecule is CNc1c(F)cc(C(=O)N(C)Cc2cn[nH]c2)cc1F. The van der Waals surface area contributed by atoms with Gasteiger partial charge in [-0.05, 0) is 12.1 Å². The molecule has 0 saturated heterocycles. The molecule has 0 aliphatic heterocycles. The Morgan fingerprint density at radius 3 is 2.55 bits per heavy atom. The number of anilines is 1. The number of nitrogens with zero attached hydrogens (tertiary/aromatic N) is 2. The first-order valence-electron chi connectivity index (χ1n) is 5.93. The van der Waals surface area contributed by atoms with E-state index >= 15 is 0 Å². The van der Waals surface area contributed by atoms with Crippen molar-refractivity contribution < 1.29 is 13.6 Å². The Labute approximate surface area is 114 Å². The predicted molar refractivity (Wildman–Crippen MR) is 70.3 cm³/mol. The maximum absolute atomic E-state index is 13.6. The minimum Gasteiger partial charge on any atom is -0.383 e. The Kier molecular flexibility index (Phi) is 3.97. The fourth-order valence-electron chi connectivity index (χ4n) is 1.87. The van der Waals surface area contributed by atoms with Gasteiger partial charge in [-0.1, -0.05) is 0 Å². The fraction of sp³-hybridized carbons (Fsp3) is 0.231. The summed E-state index contributed by atoms with van der Waals surface area (Å²) < 4.78 is 27.2. The number of rotatable bonds is 4. The van der Waals surface area contributed by atoms with E-state index in [0.717, 1.165) is 17.7 Å². The molecule has 2 N–H and O–H groups in total.